The zero-order valence-corrected chi connectivity index (χ0v) is 18.7. The van der Waals surface area contributed by atoms with Crippen LogP contribution in [0.2, 0.25) is 0 Å². The number of H-pyrrole nitrogens is 1. The summed E-state index contributed by atoms with van der Waals surface area (Å²) in [6, 6.07) is 26.0. The van der Waals surface area contributed by atoms with Gasteiger partial charge in [-0.3, -0.25) is 15.0 Å². The maximum absolute atomic E-state index is 13.7. The highest BCUT2D eigenvalue weighted by Crippen LogP contribution is 2.25. The maximum atomic E-state index is 13.7. The van der Waals surface area contributed by atoms with Crippen LogP contribution in [0.3, 0.4) is 0 Å². The first kappa shape index (κ1) is 21.6. The summed E-state index contributed by atoms with van der Waals surface area (Å²) in [5.74, 6) is 0.0734. The average molecular weight is 440 g/mol. The maximum Gasteiger partial charge on any atom is 0.186 e. The van der Waals surface area contributed by atoms with Crippen molar-refractivity contribution in [2.75, 3.05) is 26.3 Å². The van der Waals surface area contributed by atoms with E-state index in [1.807, 2.05) is 60.8 Å². The van der Waals surface area contributed by atoms with E-state index in [4.69, 9.17) is 4.74 Å². The second-order valence-corrected chi connectivity index (χ2v) is 8.49. The van der Waals surface area contributed by atoms with E-state index in [0.29, 0.717) is 12.1 Å². The summed E-state index contributed by atoms with van der Waals surface area (Å²) in [4.78, 5) is 19.4. The molecule has 1 atom stereocenters. The van der Waals surface area contributed by atoms with E-state index >= 15 is 0 Å². The van der Waals surface area contributed by atoms with E-state index in [2.05, 4.69) is 39.5 Å². The van der Waals surface area contributed by atoms with Gasteiger partial charge in [0.2, 0.25) is 0 Å². The van der Waals surface area contributed by atoms with Gasteiger partial charge < -0.3 is 9.72 Å². The quantitative estimate of drug-likeness (QED) is 0.390. The highest BCUT2D eigenvalue weighted by atomic mass is 16.5. The van der Waals surface area contributed by atoms with Crippen LogP contribution in [0.25, 0.3) is 10.9 Å². The zero-order chi connectivity index (χ0) is 22.5. The molecule has 1 aliphatic heterocycles. The van der Waals surface area contributed by atoms with Crippen molar-refractivity contribution in [3.63, 3.8) is 0 Å². The molecule has 5 nitrogen and oxygen atoms in total. The fraction of sp³-hybridized carbons (Fsp3) is 0.250. The Kier molecular flexibility index (Phi) is 6.63. The molecule has 1 aromatic heterocycles. The van der Waals surface area contributed by atoms with Crippen molar-refractivity contribution in [2.24, 2.45) is 0 Å². The minimum absolute atomic E-state index is 0.0734. The van der Waals surface area contributed by atoms with Gasteiger partial charge in [-0.15, -0.1) is 0 Å². The molecular weight excluding hydrogens is 410 g/mol. The van der Waals surface area contributed by atoms with Gasteiger partial charge in [-0.1, -0.05) is 72.8 Å². The van der Waals surface area contributed by atoms with E-state index in [0.717, 1.165) is 49.3 Å². The molecule has 2 heterocycles. The third-order valence-electron chi connectivity index (χ3n) is 6.36. The molecule has 5 heteroatoms. The summed E-state index contributed by atoms with van der Waals surface area (Å²) >= 11 is 0. The molecule has 4 aromatic rings. The number of hydrogen-bond acceptors (Lipinski definition) is 4. The number of rotatable bonds is 8. The van der Waals surface area contributed by atoms with Gasteiger partial charge in [0.25, 0.3) is 0 Å². The number of aromatic amines is 1. The van der Waals surface area contributed by atoms with Gasteiger partial charge in [-0.2, -0.15) is 0 Å². The summed E-state index contributed by atoms with van der Waals surface area (Å²) in [7, 11) is 0. The van der Waals surface area contributed by atoms with Crippen molar-refractivity contribution in [1.29, 1.82) is 0 Å². The van der Waals surface area contributed by atoms with Crippen LogP contribution in [0.15, 0.2) is 85.1 Å². The Hall–Kier alpha value is -3.25. The number of morpholine rings is 1. The molecule has 2 N–H and O–H groups in total. The molecule has 0 aliphatic carbocycles. The summed E-state index contributed by atoms with van der Waals surface area (Å²) in [6.45, 7) is 4.99. The molecular formula is C28H29N3O2. The molecule has 1 fully saturated rings. The highest BCUT2D eigenvalue weighted by molar-refractivity contribution is 6.10. The van der Waals surface area contributed by atoms with Crippen LogP contribution in [0.4, 0.5) is 0 Å². The van der Waals surface area contributed by atoms with E-state index in [-0.39, 0.29) is 5.78 Å². The first-order valence-corrected chi connectivity index (χ1v) is 11.5. The predicted molar refractivity (Wildman–Crippen MR) is 131 cm³/mol. The molecule has 3 aromatic carbocycles. The van der Waals surface area contributed by atoms with Crippen LogP contribution in [0, 0.1) is 0 Å². The number of para-hydroxylation sites is 1. The smallest absolute Gasteiger partial charge is 0.186 e. The predicted octanol–water partition coefficient (Wildman–Crippen LogP) is 4.71. The summed E-state index contributed by atoms with van der Waals surface area (Å²) in [5.41, 5.74) is 5.17. The van der Waals surface area contributed by atoms with Crippen LogP contribution in [0.5, 0.6) is 0 Å². The van der Waals surface area contributed by atoms with Crippen molar-refractivity contribution >= 4 is 16.7 Å². The molecule has 0 radical (unpaired) electrons. The Morgan fingerprint density at radius 3 is 2.42 bits per heavy atom. The number of ketones is 1. The third kappa shape index (κ3) is 4.91. The molecule has 1 saturated heterocycles. The van der Waals surface area contributed by atoms with Crippen molar-refractivity contribution in [1.82, 2.24) is 15.2 Å². The van der Waals surface area contributed by atoms with Gasteiger partial charge in [-0.05, 0) is 22.8 Å². The standard InChI is InChI=1S/C28H29N3O2/c32-28(25-19-29-26-13-7-6-12-24(25)26)27(21-8-2-1-3-9-21)30-18-22-10-4-5-11-23(22)20-31-14-16-33-17-15-31/h1-13,19,27,29-30H,14-18,20H2/t27-/m0/s1. The van der Waals surface area contributed by atoms with Gasteiger partial charge in [0.15, 0.2) is 5.78 Å². The number of ether oxygens (including phenoxy) is 1. The van der Waals surface area contributed by atoms with Crippen molar-refractivity contribution < 1.29 is 9.53 Å². The van der Waals surface area contributed by atoms with Gasteiger partial charge in [-0.25, -0.2) is 0 Å². The van der Waals surface area contributed by atoms with Crippen molar-refractivity contribution in [2.45, 2.75) is 19.1 Å². The third-order valence-corrected chi connectivity index (χ3v) is 6.36. The SMILES string of the molecule is O=C(c1c[nH]c2ccccc12)[C@@H](NCc1ccccc1CN1CCOCC1)c1ccccc1. The van der Waals surface area contributed by atoms with Gasteiger partial charge in [0.1, 0.15) is 0 Å². The first-order chi connectivity index (χ1) is 16.3. The lowest BCUT2D eigenvalue weighted by atomic mass is 9.96. The lowest BCUT2D eigenvalue weighted by Gasteiger charge is -2.27. The molecule has 0 bridgehead atoms. The van der Waals surface area contributed by atoms with Crippen LogP contribution < -0.4 is 5.32 Å². The molecule has 5 rings (SSSR count). The topological polar surface area (TPSA) is 57.4 Å². The fourth-order valence-corrected chi connectivity index (χ4v) is 4.53. The summed E-state index contributed by atoms with van der Waals surface area (Å²) in [5, 5.41) is 4.53. The number of nitrogens with zero attached hydrogens (tertiary/aromatic N) is 1. The first-order valence-electron chi connectivity index (χ1n) is 11.5. The Balaban J connectivity index is 1.39. The van der Waals surface area contributed by atoms with E-state index in [9.17, 15) is 4.79 Å². The van der Waals surface area contributed by atoms with E-state index in [1.54, 1.807) is 0 Å². The van der Waals surface area contributed by atoms with Crippen LogP contribution in [0.1, 0.15) is 33.1 Å². The Labute approximate surface area is 194 Å². The Morgan fingerprint density at radius 1 is 0.909 bits per heavy atom. The minimum Gasteiger partial charge on any atom is -0.379 e. The van der Waals surface area contributed by atoms with Crippen molar-refractivity contribution in [3.8, 4) is 0 Å². The second kappa shape index (κ2) is 10.1. The minimum atomic E-state index is -0.429. The van der Waals surface area contributed by atoms with E-state index < -0.39 is 6.04 Å². The number of hydrogen-bond donors (Lipinski definition) is 2. The fourth-order valence-electron chi connectivity index (χ4n) is 4.53. The van der Waals surface area contributed by atoms with Crippen LogP contribution in [-0.4, -0.2) is 42.0 Å². The number of fused-ring (bicyclic) bond motifs is 1. The molecule has 0 spiro atoms. The summed E-state index contributed by atoms with van der Waals surface area (Å²) in [6.07, 6.45) is 1.83. The second-order valence-electron chi connectivity index (χ2n) is 8.49. The monoisotopic (exact) mass is 439 g/mol. The molecule has 33 heavy (non-hydrogen) atoms. The van der Waals surface area contributed by atoms with Gasteiger partial charge in [0.05, 0.1) is 19.3 Å². The van der Waals surface area contributed by atoms with Gasteiger partial charge in [0, 0.05) is 48.8 Å². The lowest BCUT2D eigenvalue weighted by molar-refractivity contribution is 0.0340. The number of carbonyl (C=O) groups excluding carboxylic acids is 1. The molecule has 0 unspecified atom stereocenters. The van der Waals surface area contributed by atoms with Crippen LogP contribution >= 0.6 is 0 Å². The number of benzene rings is 3. The molecule has 0 saturated carbocycles. The largest absolute Gasteiger partial charge is 0.379 e. The Bertz CT molecular complexity index is 1210. The zero-order valence-electron chi connectivity index (χ0n) is 18.7. The van der Waals surface area contributed by atoms with Crippen LogP contribution in [-0.2, 0) is 17.8 Å². The average Bonchev–Trinajstić information content (AvgIpc) is 3.30. The Morgan fingerprint density at radius 2 is 1.61 bits per heavy atom. The number of nitrogens with one attached hydrogen (secondary N) is 2. The van der Waals surface area contributed by atoms with Crippen molar-refractivity contribution in [3.05, 3.63) is 107 Å². The molecule has 168 valence electrons. The molecule has 1 aliphatic rings. The normalized spacial score (nSPS) is 15.5. The van der Waals surface area contributed by atoms with E-state index in [1.165, 1.54) is 11.1 Å². The van der Waals surface area contributed by atoms with Gasteiger partial charge >= 0.3 is 0 Å². The highest BCUT2D eigenvalue weighted by Gasteiger charge is 2.24. The number of Topliss-reactive ketones (excluding diaryl/α,β-unsaturated/α-hetero) is 1. The number of aromatic nitrogens is 1. The molecule has 0 amide bonds. The number of carbonyl (C=O) groups is 1. The lowest BCUT2D eigenvalue weighted by Crippen LogP contribution is -2.36. The summed E-state index contributed by atoms with van der Waals surface area (Å²) < 4.78 is 5.49.